The molecule has 37 heavy (non-hydrogen) atoms. The van der Waals surface area contributed by atoms with Crippen molar-refractivity contribution in [2.75, 3.05) is 38.8 Å². The van der Waals surface area contributed by atoms with Gasteiger partial charge in [0.15, 0.2) is 0 Å². The number of nitrogens with one attached hydrogen (secondary N) is 1. The molecule has 1 unspecified atom stereocenters. The Hall–Kier alpha value is -4.02. The van der Waals surface area contributed by atoms with Crippen LogP contribution in [-0.4, -0.2) is 64.7 Å². The van der Waals surface area contributed by atoms with E-state index in [0.29, 0.717) is 34.8 Å². The third kappa shape index (κ3) is 5.25. The molecule has 1 atom stereocenters. The maximum atomic E-state index is 12.3. The highest BCUT2D eigenvalue weighted by Crippen LogP contribution is 2.32. The number of hydrogen-bond acceptors (Lipinski definition) is 8. The molecule has 5 rings (SSSR count). The first-order valence-corrected chi connectivity index (χ1v) is 12.3. The number of hydrogen-bond donors (Lipinski definition) is 2. The summed E-state index contributed by atoms with van der Waals surface area (Å²) in [6.45, 7) is 0.979. The monoisotopic (exact) mass is 502 g/mol. The van der Waals surface area contributed by atoms with Crippen molar-refractivity contribution in [2.45, 2.75) is 25.5 Å². The molecule has 0 saturated carbocycles. The fraction of sp³-hybridized carbons (Fsp3) is 0.333. The number of amides is 1. The van der Waals surface area contributed by atoms with E-state index < -0.39 is 0 Å². The highest BCUT2D eigenvalue weighted by molar-refractivity contribution is 5.96. The largest absolute Gasteiger partial charge is 0.497 e. The van der Waals surface area contributed by atoms with Crippen LogP contribution in [0.2, 0.25) is 0 Å². The van der Waals surface area contributed by atoms with Crippen LogP contribution in [0.25, 0.3) is 22.3 Å². The molecule has 2 aromatic heterocycles. The van der Waals surface area contributed by atoms with Crippen molar-refractivity contribution in [1.82, 2.24) is 25.1 Å². The average molecular weight is 503 g/mol. The Morgan fingerprint density at radius 2 is 2.08 bits per heavy atom. The van der Waals surface area contributed by atoms with Crippen LogP contribution in [0.3, 0.4) is 0 Å². The van der Waals surface area contributed by atoms with E-state index in [-0.39, 0.29) is 18.7 Å². The van der Waals surface area contributed by atoms with Gasteiger partial charge in [-0.25, -0.2) is 9.67 Å². The summed E-state index contributed by atoms with van der Waals surface area (Å²) < 4.78 is 13.1. The molecular formula is C27H30N6O4. The lowest BCUT2D eigenvalue weighted by atomic mass is 10.1. The topological polar surface area (TPSA) is 115 Å². The molecule has 3 heterocycles. The van der Waals surface area contributed by atoms with Gasteiger partial charge in [0, 0.05) is 55.0 Å². The van der Waals surface area contributed by atoms with Gasteiger partial charge in [0.25, 0.3) is 5.91 Å². The minimum atomic E-state index is -0.225. The second-order valence-corrected chi connectivity index (χ2v) is 8.83. The van der Waals surface area contributed by atoms with Crippen LogP contribution in [0.4, 0.5) is 11.4 Å². The molecule has 1 amide bonds. The Morgan fingerprint density at radius 1 is 1.19 bits per heavy atom. The normalized spacial score (nSPS) is 15.5. The molecule has 10 heteroatoms. The maximum absolute atomic E-state index is 12.3. The van der Waals surface area contributed by atoms with Crippen molar-refractivity contribution in [3.05, 3.63) is 60.6 Å². The summed E-state index contributed by atoms with van der Waals surface area (Å²) in [4.78, 5) is 23.7. The number of rotatable bonds is 8. The molecule has 2 aromatic carbocycles. The Morgan fingerprint density at radius 3 is 2.84 bits per heavy atom. The summed E-state index contributed by atoms with van der Waals surface area (Å²) in [7, 11) is 3.14. The zero-order valence-corrected chi connectivity index (χ0v) is 20.9. The summed E-state index contributed by atoms with van der Waals surface area (Å²) >= 11 is 0. The van der Waals surface area contributed by atoms with Crippen LogP contribution in [-0.2, 0) is 4.74 Å². The number of aromatic nitrogens is 4. The third-order valence-corrected chi connectivity index (χ3v) is 6.44. The third-order valence-electron chi connectivity index (χ3n) is 6.44. The highest BCUT2D eigenvalue weighted by atomic mass is 16.5. The summed E-state index contributed by atoms with van der Waals surface area (Å²) in [6.07, 6.45) is 8.59. The van der Waals surface area contributed by atoms with Gasteiger partial charge in [-0.3, -0.25) is 9.78 Å². The van der Waals surface area contributed by atoms with Gasteiger partial charge >= 0.3 is 0 Å². The number of ether oxygens (including phenoxy) is 2. The Kier molecular flexibility index (Phi) is 7.29. The molecule has 0 radical (unpaired) electrons. The second-order valence-electron chi connectivity index (χ2n) is 8.83. The lowest BCUT2D eigenvalue weighted by Crippen LogP contribution is -2.23. The van der Waals surface area contributed by atoms with Gasteiger partial charge in [-0.15, -0.1) is 0 Å². The summed E-state index contributed by atoms with van der Waals surface area (Å²) in [5.41, 5.74) is 5.00. The van der Waals surface area contributed by atoms with E-state index in [9.17, 15) is 9.90 Å². The van der Waals surface area contributed by atoms with E-state index in [0.717, 1.165) is 42.6 Å². The minimum absolute atomic E-state index is 0.0443. The SMILES string of the molecule is CNC(=O)c1cc(OC)cc(N(CCO)c2ccc3ncc(-c4cnn(C5CCCCO5)c4)nc3c2)c1. The van der Waals surface area contributed by atoms with Gasteiger partial charge in [0.1, 0.15) is 12.0 Å². The average Bonchev–Trinajstić information content (AvgIpc) is 3.45. The summed E-state index contributed by atoms with van der Waals surface area (Å²) in [5.74, 6) is 0.318. The zero-order valence-electron chi connectivity index (χ0n) is 20.9. The number of fused-ring (bicyclic) bond motifs is 1. The van der Waals surface area contributed by atoms with Crippen molar-refractivity contribution < 1.29 is 19.4 Å². The van der Waals surface area contributed by atoms with Gasteiger partial charge in [0.05, 0.1) is 42.8 Å². The standard InChI is InChI=1S/C27H30N6O4/c1-28-27(35)18-11-21(13-22(12-18)36-2)32(8-9-34)20-6-7-23-24(14-20)31-25(16-29-23)19-15-30-33(17-19)26-5-3-4-10-37-26/h6-7,11-17,26,34H,3-5,8-10H2,1-2H3,(H,28,35). The molecule has 0 spiro atoms. The van der Waals surface area contributed by atoms with E-state index in [2.05, 4.69) is 15.4 Å². The van der Waals surface area contributed by atoms with Crippen molar-refractivity contribution >= 4 is 28.3 Å². The van der Waals surface area contributed by atoms with Crippen molar-refractivity contribution in [2.24, 2.45) is 0 Å². The lowest BCUT2D eigenvalue weighted by molar-refractivity contribution is -0.0394. The molecule has 4 aromatic rings. The molecule has 1 aliphatic heterocycles. The van der Waals surface area contributed by atoms with Gasteiger partial charge < -0.3 is 24.8 Å². The number of aliphatic hydroxyl groups excluding tert-OH is 1. The second kappa shape index (κ2) is 10.9. The van der Waals surface area contributed by atoms with Gasteiger partial charge in [-0.1, -0.05) is 0 Å². The number of anilines is 2. The number of carbonyl (C=O) groups excluding carboxylic acids is 1. The van der Waals surface area contributed by atoms with Crippen LogP contribution in [0, 0.1) is 0 Å². The fourth-order valence-electron chi connectivity index (χ4n) is 4.51. The number of aliphatic hydroxyl groups is 1. The summed E-state index contributed by atoms with van der Waals surface area (Å²) in [5, 5.41) is 17.0. The molecular weight excluding hydrogens is 472 g/mol. The predicted octanol–water partition coefficient (Wildman–Crippen LogP) is 3.69. The number of nitrogens with zero attached hydrogens (tertiary/aromatic N) is 5. The van der Waals surface area contributed by atoms with E-state index in [1.807, 2.05) is 40.0 Å². The van der Waals surface area contributed by atoms with E-state index >= 15 is 0 Å². The van der Waals surface area contributed by atoms with Crippen LogP contribution in [0.5, 0.6) is 5.75 Å². The van der Waals surface area contributed by atoms with Crippen LogP contribution < -0.4 is 15.0 Å². The van der Waals surface area contributed by atoms with Gasteiger partial charge in [-0.05, 0) is 49.6 Å². The van der Waals surface area contributed by atoms with E-state index in [4.69, 9.17) is 14.5 Å². The molecule has 10 nitrogen and oxygen atoms in total. The number of carbonyl (C=O) groups is 1. The maximum Gasteiger partial charge on any atom is 0.251 e. The van der Waals surface area contributed by atoms with Gasteiger partial charge in [0.2, 0.25) is 0 Å². The Labute approximate surface area is 214 Å². The van der Waals surface area contributed by atoms with Crippen LogP contribution in [0.15, 0.2) is 55.0 Å². The predicted molar refractivity (Wildman–Crippen MR) is 140 cm³/mol. The molecule has 0 aliphatic carbocycles. The van der Waals surface area contributed by atoms with Crippen LogP contribution in [0.1, 0.15) is 35.8 Å². The zero-order chi connectivity index (χ0) is 25.8. The molecule has 192 valence electrons. The van der Waals surface area contributed by atoms with Crippen molar-refractivity contribution in [1.29, 1.82) is 0 Å². The van der Waals surface area contributed by atoms with Gasteiger partial charge in [-0.2, -0.15) is 5.10 Å². The van der Waals surface area contributed by atoms with Crippen LogP contribution >= 0.6 is 0 Å². The first-order valence-electron chi connectivity index (χ1n) is 12.3. The minimum Gasteiger partial charge on any atom is -0.497 e. The van der Waals surface area contributed by atoms with E-state index in [1.54, 1.807) is 38.7 Å². The molecule has 0 bridgehead atoms. The Balaban J connectivity index is 1.50. The highest BCUT2D eigenvalue weighted by Gasteiger charge is 2.18. The molecule has 1 fully saturated rings. The summed E-state index contributed by atoms with van der Waals surface area (Å²) in [6, 6.07) is 11.0. The van der Waals surface area contributed by atoms with Crippen molar-refractivity contribution in [3.63, 3.8) is 0 Å². The first-order chi connectivity index (χ1) is 18.1. The quantitative estimate of drug-likeness (QED) is 0.375. The molecule has 2 N–H and O–H groups in total. The first kappa shape index (κ1) is 24.7. The molecule has 1 aliphatic rings. The fourth-order valence-corrected chi connectivity index (χ4v) is 4.51. The Bertz CT molecular complexity index is 1400. The smallest absolute Gasteiger partial charge is 0.251 e. The van der Waals surface area contributed by atoms with Crippen molar-refractivity contribution in [3.8, 4) is 17.0 Å². The lowest BCUT2D eigenvalue weighted by Gasteiger charge is -2.25. The number of methoxy groups -OCH3 is 1. The van der Waals surface area contributed by atoms with E-state index in [1.165, 1.54) is 0 Å². The number of benzene rings is 2. The molecule has 1 saturated heterocycles.